The lowest BCUT2D eigenvalue weighted by Crippen LogP contribution is -2.62. The van der Waals surface area contributed by atoms with Gasteiger partial charge in [-0.25, -0.2) is 0 Å². The number of esters is 2. The van der Waals surface area contributed by atoms with E-state index in [2.05, 4.69) is 0 Å². The highest BCUT2D eigenvalue weighted by atomic mass is 16.7. The van der Waals surface area contributed by atoms with Gasteiger partial charge < -0.3 is 28.4 Å². The molecular formula is C31H34O8. The smallest absolute Gasteiger partial charge is 0.305 e. The van der Waals surface area contributed by atoms with Crippen molar-refractivity contribution < 1.29 is 38.0 Å². The third-order valence-corrected chi connectivity index (χ3v) is 6.14. The molecule has 8 heteroatoms. The van der Waals surface area contributed by atoms with Crippen molar-refractivity contribution >= 4 is 11.9 Å². The minimum absolute atomic E-state index is 0.106. The van der Waals surface area contributed by atoms with Crippen molar-refractivity contribution in [3.63, 3.8) is 0 Å². The lowest BCUT2D eigenvalue weighted by atomic mass is 9.98. The van der Waals surface area contributed by atoms with Gasteiger partial charge in [-0.2, -0.15) is 0 Å². The van der Waals surface area contributed by atoms with Crippen molar-refractivity contribution in [3.8, 4) is 0 Å². The minimum Gasteiger partial charge on any atom is -0.457 e. The Morgan fingerprint density at radius 3 is 1.56 bits per heavy atom. The zero-order chi connectivity index (χ0) is 27.5. The Morgan fingerprint density at radius 1 is 0.615 bits per heavy atom. The summed E-state index contributed by atoms with van der Waals surface area (Å²) >= 11 is 0. The molecule has 0 saturated carbocycles. The molecule has 1 aliphatic heterocycles. The van der Waals surface area contributed by atoms with Gasteiger partial charge in [0, 0.05) is 13.8 Å². The van der Waals surface area contributed by atoms with Gasteiger partial charge in [-0.15, -0.1) is 0 Å². The summed E-state index contributed by atoms with van der Waals surface area (Å²) in [6, 6.07) is 28.9. The van der Waals surface area contributed by atoms with Crippen LogP contribution in [0.5, 0.6) is 0 Å². The molecule has 206 valence electrons. The molecule has 0 aliphatic carbocycles. The number of carbonyl (C=O) groups excluding carboxylic acids is 2. The molecule has 1 heterocycles. The molecule has 39 heavy (non-hydrogen) atoms. The highest BCUT2D eigenvalue weighted by molar-refractivity contribution is 5.67. The maximum atomic E-state index is 12.3. The van der Waals surface area contributed by atoms with E-state index in [-0.39, 0.29) is 19.8 Å². The normalized spacial score (nSPS) is 22.7. The van der Waals surface area contributed by atoms with E-state index in [9.17, 15) is 9.59 Å². The van der Waals surface area contributed by atoms with Gasteiger partial charge in [-0.1, -0.05) is 91.0 Å². The Morgan fingerprint density at radius 2 is 1.08 bits per heavy atom. The van der Waals surface area contributed by atoms with Crippen LogP contribution in [-0.2, 0) is 57.8 Å². The molecule has 1 fully saturated rings. The van der Waals surface area contributed by atoms with Gasteiger partial charge in [-0.05, 0) is 16.7 Å². The SMILES string of the molecule is CC(=O)OC1C(OCc2ccccc2)[C@H](OC(C)=O)OC(COCc2ccccc2)[C@H]1OCc1ccccc1. The molecule has 8 nitrogen and oxygen atoms in total. The van der Waals surface area contributed by atoms with Crippen LogP contribution in [0.3, 0.4) is 0 Å². The van der Waals surface area contributed by atoms with Gasteiger partial charge in [0.05, 0.1) is 26.4 Å². The summed E-state index contributed by atoms with van der Waals surface area (Å²) in [5, 5.41) is 0. The van der Waals surface area contributed by atoms with Crippen LogP contribution in [0.1, 0.15) is 30.5 Å². The molecule has 1 aliphatic rings. The second kappa shape index (κ2) is 14.6. The highest BCUT2D eigenvalue weighted by Crippen LogP contribution is 2.31. The minimum atomic E-state index is -1.14. The predicted molar refractivity (Wildman–Crippen MR) is 142 cm³/mol. The first kappa shape index (κ1) is 28.4. The first-order chi connectivity index (χ1) is 19.0. The summed E-state index contributed by atoms with van der Waals surface area (Å²) in [5.41, 5.74) is 2.83. The standard InChI is InChI=1S/C31H34O8/c1-22(32)37-29-28(35-19-25-14-8-4-9-15-25)27(21-34-18-24-12-6-3-7-13-24)39-31(38-23(2)33)30(29)36-20-26-16-10-5-11-17-26/h3-17,27-31H,18-21H2,1-2H3/t27?,28-,29?,30?,31-/m1/s1. The van der Waals surface area contributed by atoms with E-state index in [1.165, 1.54) is 13.8 Å². The summed E-state index contributed by atoms with van der Waals surface area (Å²) in [5.74, 6) is -1.07. The molecule has 0 radical (unpaired) electrons. The topological polar surface area (TPSA) is 89.5 Å². The Labute approximate surface area is 228 Å². The molecule has 5 atom stereocenters. The summed E-state index contributed by atoms with van der Waals surface area (Å²) in [6.45, 7) is 3.49. The Kier molecular flexibility index (Phi) is 10.6. The van der Waals surface area contributed by atoms with Gasteiger partial charge in [0.25, 0.3) is 0 Å². The lowest BCUT2D eigenvalue weighted by molar-refractivity contribution is -0.313. The maximum absolute atomic E-state index is 12.3. The molecule has 0 amide bonds. The zero-order valence-electron chi connectivity index (χ0n) is 22.1. The molecule has 3 aromatic rings. The fourth-order valence-corrected chi connectivity index (χ4v) is 4.37. The third-order valence-electron chi connectivity index (χ3n) is 6.14. The number of carbonyl (C=O) groups is 2. The molecule has 3 unspecified atom stereocenters. The molecule has 1 saturated heterocycles. The summed E-state index contributed by atoms with van der Waals surface area (Å²) < 4.78 is 36.1. The van der Waals surface area contributed by atoms with E-state index in [1.54, 1.807) is 0 Å². The lowest BCUT2D eigenvalue weighted by Gasteiger charge is -2.44. The van der Waals surface area contributed by atoms with Gasteiger partial charge in [0.2, 0.25) is 6.29 Å². The van der Waals surface area contributed by atoms with Crippen LogP contribution in [0.2, 0.25) is 0 Å². The number of hydrogen-bond donors (Lipinski definition) is 0. The molecule has 4 rings (SSSR count). The van der Waals surface area contributed by atoms with Crippen molar-refractivity contribution in [3.05, 3.63) is 108 Å². The van der Waals surface area contributed by atoms with E-state index in [1.807, 2.05) is 91.0 Å². The monoisotopic (exact) mass is 534 g/mol. The van der Waals surface area contributed by atoms with Gasteiger partial charge in [0.1, 0.15) is 12.2 Å². The van der Waals surface area contributed by atoms with Crippen LogP contribution in [0.15, 0.2) is 91.0 Å². The Bertz CT molecular complexity index is 1150. The zero-order valence-corrected chi connectivity index (χ0v) is 22.1. The number of rotatable bonds is 12. The maximum Gasteiger partial charge on any atom is 0.305 e. The van der Waals surface area contributed by atoms with Crippen molar-refractivity contribution in [1.82, 2.24) is 0 Å². The van der Waals surface area contributed by atoms with Gasteiger partial charge in [0.15, 0.2) is 12.2 Å². The second-order valence-corrected chi connectivity index (χ2v) is 9.25. The molecule has 3 aromatic carbocycles. The first-order valence-corrected chi connectivity index (χ1v) is 12.9. The van der Waals surface area contributed by atoms with E-state index in [0.29, 0.717) is 6.61 Å². The van der Waals surface area contributed by atoms with Crippen LogP contribution in [-0.4, -0.2) is 49.3 Å². The van der Waals surface area contributed by atoms with Crippen LogP contribution >= 0.6 is 0 Å². The average molecular weight is 535 g/mol. The summed E-state index contributed by atoms with van der Waals surface area (Å²) in [7, 11) is 0. The fraction of sp³-hybridized carbons (Fsp3) is 0.355. The Hall–Kier alpha value is -3.56. The van der Waals surface area contributed by atoms with Crippen LogP contribution in [0.4, 0.5) is 0 Å². The number of hydrogen-bond acceptors (Lipinski definition) is 8. The Balaban J connectivity index is 1.58. The van der Waals surface area contributed by atoms with E-state index >= 15 is 0 Å². The third kappa shape index (κ3) is 8.73. The predicted octanol–water partition coefficient (Wildman–Crippen LogP) is 4.59. The molecule has 0 bridgehead atoms. The fourth-order valence-electron chi connectivity index (χ4n) is 4.37. The molecule has 0 spiro atoms. The second-order valence-electron chi connectivity index (χ2n) is 9.25. The van der Waals surface area contributed by atoms with E-state index < -0.39 is 42.6 Å². The van der Waals surface area contributed by atoms with Gasteiger partial charge >= 0.3 is 11.9 Å². The van der Waals surface area contributed by atoms with Crippen molar-refractivity contribution in [2.45, 2.75) is 64.4 Å². The number of benzene rings is 3. The van der Waals surface area contributed by atoms with Crippen LogP contribution < -0.4 is 0 Å². The molecular weight excluding hydrogens is 500 g/mol. The largest absolute Gasteiger partial charge is 0.457 e. The van der Waals surface area contributed by atoms with Crippen LogP contribution in [0, 0.1) is 0 Å². The summed E-state index contributed by atoms with van der Waals surface area (Å²) in [4.78, 5) is 24.3. The van der Waals surface area contributed by atoms with Crippen molar-refractivity contribution in [2.24, 2.45) is 0 Å². The van der Waals surface area contributed by atoms with E-state index in [4.69, 9.17) is 28.4 Å². The first-order valence-electron chi connectivity index (χ1n) is 12.9. The highest BCUT2D eigenvalue weighted by Gasteiger charge is 2.51. The van der Waals surface area contributed by atoms with E-state index in [0.717, 1.165) is 16.7 Å². The van der Waals surface area contributed by atoms with Crippen molar-refractivity contribution in [2.75, 3.05) is 6.61 Å². The summed E-state index contributed by atoms with van der Waals surface area (Å²) in [6.07, 6.45) is -4.50. The van der Waals surface area contributed by atoms with Crippen molar-refractivity contribution in [1.29, 1.82) is 0 Å². The number of ether oxygens (including phenoxy) is 6. The quantitative estimate of drug-likeness (QED) is 0.312. The molecule has 0 N–H and O–H groups in total. The average Bonchev–Trinajstić information content (AvgIpc) is 2.93. The van der Waals surface area contributed by atoms with Crippen LogP contribution in [0.25, 0.3) is 0 Å². The molecule has 0 aromatic heterocycles. The van der Waals surface area contributed by atoms with Gasteiger partial charge in [-0.3, -0.25) is 9.59 Å².